The Bertz CT molecular complexity index is 389. The second-order valence-corrected chi connectivity index (χ2v) is 4.67. The maximum Gasteiger partial charge on any atom is 0.191 e. The van der Waals surface area contributed by atoms with Crippen molar-refractivity contribution in [2.24, 2.45) is 4.99 Å². The van der Waals surface area contributed by atoms with Gasteiger partial charge in [0.05, 0.1) is 6.20 Å². The molecule has 0 atom stereocenters. The van der Waals surface area contributed by atoms with Crippen LogP contribution in [0.5, 0.6) is 0 Å². The van der Waals surface area contributed by atoms with Gasteiger partial charge in [0.1, 0.15) is 0 Å². The molecule has 0 unspecified atom stereocenters. The van der Waals surface area contributed by atoms with E-state index in [1.165, 1.54) is 5.56 Å². The fourth-order valence-corrected chi connectivity index (χ4v) is 1.78. The zero-order valence-electron chi connectivity index (χ0n) is 12.9. The SMILES string of the molecule is CCNC(=NCCCn1cc(C)cn1)NCCCOC. The normalized spacial score (nSPS) is 11.7. The van der Waals surface area contributed by atoms with E-state index in [-0.39, 0.29) is 0 Å². The number of nitrogens with zero attached hydrogens (tertiary/aromatic N) is 3. The summed E-state index contributed by atoms with van der Waals surface area (Å²) in [6, 6.07) is 0. The fourth-order valence-electron chi connectivity index (χ4n) is 1.78. The van der Waals surface area contributed by atoms with Gasteiger partial charge in [-0.15, -0.1) is 0 Å². The number of rotatable bonds is 9. The van der Waals surface area contributed by atoms with Gasteiger partial charge in [0.2, 0.25) is 0 Å². The lowest BCUT2D eigenvalue weighted by Gasteiger charge is -2.10. The maximum absolute atomic E-state index is 5.02. The van der Waals surface area contributed by atoms with Crippen molar-refractivity contribution in [3.05, 3.63) is 18.0 Å². The molecular formula is C14H27N5O. The van der Waals surface area contributed by atoms with Crippen molar-refractivity contribution in [1.29, 1.82) is 0 Å². The minimum Gasteiger partial charge on any atom is -0.385 e. The van der Waals surface area contributed by atoms with E-state index in [0.717, 1.165) is 51.6 Å². The monoisotopic (exact) mass is 281 g/mol. The second kappa shape index (κ2) is 10.3. The third-order valence-corrected chi connectivity index (χ3v) is 2.74. The molecule has 0 bridgehead atoms. The fraction of sp³-hybridized carbons (Fsp3) is 0.714. The average Bonchev–Trinajstić information content (AvgIpc) is 2.85. The third kappa shape index (κ3) is 7.13. The number of ether oxygens (including phenoxy) is 1. The van der Waals surface area contributed by atoms with Gasteiger partial charge in [0.15, 0.2) is 5.96 Å². The Labute approximate surface area is 121 Å². The van der Waals surface area contributed by atoms with E-state index in [1.54, 1.807) is 7.11 Å². The summed E-state index contributed by atoms with van der Waals surface area (Å²) < 4.78 is 6.99. The van der Waals surface area contributed by atoms with Crippen molar-refractivity contribution in [1.82, 2.24) is 20.4 Å². The Hall–Kier alpha value is -1.56. The van der Waals surface area contributed by atoms with E-state index >= 15 is 0 Å². The molecule has 0 fully saturated rings. The topological polar surface area (TPSA) is 63.5 Å². The average molecular weight is 281 g/mol. The van der Waals surface area contributed by atoms with Gasteiger partial charge in [-0.05, 0) is 32.3 Å². The molecule has 0 aliphatic heterocycles. The first-order valence-corrected chi connectivity index (χ1v) is 7.26. The van der Waals surface area contributed by atoms with Gasteiger partial charge >= 0.3 is 0 Å². The van der Waals surface area contributed by atoms with Crippen molar-refractivity contribution >= 4 is 5.96 Å². The zero-order valence-corrected chi connectivity index (χ0v) is 12.9. The minimum absolute atomic E-state index is 0.769. The summed E-state index contributed by atoms with van der Waals surface area (Å²) in [7, 11) is 1.72. The summed E-state index contributed by atoms with van der Waals surface area (Å²) in [5.74, 6) is 0.875. The van der Waals surface area contributed by atoms with Gasteiger partial charge in [0, 0.05) is 46.1 Å². The van der Waals surface area contributed by atoms with Crippen molar-refractivity contribution in [2.75, 3.05) is 33.4 Å². The van der Waals surface area contributed by atoms with E-state index in [0.29, 0.717) is 0 Å². The summed E-state index contributed by atoms with van der Waals surface area (Å²) in [6.07, 6.45) is 5.89. The predicted molar refractivity (Wildman–Crippen MR) is 82.1 cm³/mol. The van der Waals surface area contributed by atoms with Crippen LogP contribution in [-0.4, -0.2) is 49.1 Å². The van der Waals surface area contributed by atoms with Crippen LogP contribution in [-0.2, 0) is 11.3 Å². The number of aliphatic imine (C=N–C) groups is 1. The maximum atomic E-state index is 5.02. The Kier molecular flexibility index (Phi) is 8.46. The highest BCUT2D eigenvalue weighted by molar-refractivity contribution is 5.79. The first-order valence-electron chi connectivity index (χ1n) is 7.26. The highest BCUT2D eigenvalue weighted by Gasteiger charge is 1.97. The number of hydrogen-bond donors (Lipinski definition) is 2. The quantitative estimate of drug-likeness (QED) is 0.405. The molecule has 1 heterocycles. The molecule has 2 N–H and O–H groups in total. The number of nitrogens with one attached hydrogen (secondary N) is 2. The molecule has 1 aromatic heterocycles. The summed E-state index contributed by atoms with van der Waals surface area (Å²) >= 11 is 0. The summed E-state index contributed by atoms with van der Waals surface area (Å²) in [6.45, 7) is 8.32. The molecule has 0 aliphatic carbocycles. The van der Waals surface area contributed by atoms with Crippen molar-refractivity contribution < 1.29 is 4.74 Å². The Morgan fingerprint density at radius 1 is 1.40 bits per heavy atom. The van der Waals surface area contributed by atoms with Crippen LogP contribution in [0.2, 0.25) is 0 Å². The van der Waals surface area contributed by atoms with E-state index in [9.17, 15) is 0 Å². The van der Waals surface area contributed by atoms with E-state index in [4.69, 9.17) is 4.74 Å². The van der Waals surface area contributed by atoms with Gasteiger partial charge in [0.25, 0.3) is 0 Å². The lowest BCUT2D eigenvalue weighted by atomic mass is 10.4. The van der Waals surface area contributed by atoms with Crippen LogP contribution in [0.1, 0.15) is 25.3 Å². The molecule has 1 rings (SSSR count). The van der Waals surface area contributed by atoms with Gasteiger partial charge in [-0.1, -0.05) is 0 Å². The smallest absolute Gasteiger partial charge is 0.191 e. The zero-order chi connectivity index (χ0) is 14.6. The van der Waals surface area contributed by atoms with Gasteiger partial charge < -0.3 is 15.4 Å². The van der Waals surface area contributed by atoms with Crippen molar-refractivity contribution in [2.45, 2.75) is 33.2 Å². The summed E-state index contributed by atoms with van der Waals surface area (Å²) in [5, 5.41) is 10.8. The molecule has 0 saturated carbocycles. The summed E-state index contributed by atoms with van der Waals surface area (Å²) in [4.78, 5) is 4.55. The number of hydrogen-bond acceptors (Lipinski definition) is 3. The molecule has 0 amide bonds. The van der Waals surface area contributed by atoms with Crippen LogP contribution < -0.4 is 10.6 Å². The first-order chi connectivity index (χ1) is 9.76. The molecular weight excluding hydrogens is 254 g/mol. The number of aryl methyl sites for hydroxylation is 2. The van der Waals surface area contributed by atoms with E-state index < -0.39 is 0 Å². The standard InChI is InChI=1S/C14H27N5O/c1-4-15-14(17-8-6-10-20-3)16-7-5-9-19-12-13(2)11-18-19/h11-12H,4-10H2,1-3H3,(H2,15,16,17). The number of guanidine groups is 1. The van der Waals surface area contributed by atoms with E-state index in [2.05, 4.69) is 40.8 Å². The lowest BCUT2D eigenvalue weighted by Crippen LogP contribution is -2.38. The van der Waals surface area contributed by atoms with Crippen molar-refractivity contribution in [3.63, 3.8) is 0 Å². The highest BCUT2D eigenvalue weighted by Crippen LogP contribution is 1.96. The Balaban J connectivity index is 2.23. The van der Waals surface area contributed by atoms with Crippen LogP contribution in [0.3, 0.4) is 0 Å². The highest BCUT2D eigenvalue weighted by atomic mass is 16.5. The minimum atomic E-state index is 0.769. The molecule has 1 aromatic rings. The molecule has 0 aromatic carbocycles. The summed E-state index contributed by atoms with van der Waals surface area (Å²) in [5.41, 5.74) is 1.20. The number of methoxy groups -OCH3 is 1. The second-order valence-electron chi connectivity index (χ2n) is 4.67. The van der Waals surface area contributed by atoms with Crippen LogP contribution in [0.25, 0.3) is 0 Å². The Morgan fingerprint density at radius 3 is 2.90 bits per heavy atom. The largest absolute Gasteiger partial charge is 0.385 e. The Morgan fingerprint density at radius 2 is 2.25 bits per heavy atom. The van der Waals surface area contributed by atoms with Crippen LogP contribution in [0.4, 0.5) is 0 Å². The molecule has 114 valence electrons. The molecule has 0 aliphatic rings. The molecule has 6 heteroatoms. The van der Waals surface area contributed by atoms with Crippen LogP contribution in [0.15, 0.2) is 17.4 Å². The first kappa shape index (κ1) is 16.5. The lowest BCUT2D eigenvalue weighted by molar-refractivity contribution is 0.195. The predicted octanol–water partition coefficient (Wildman–Crippen LogP) is 1.17. The molecule has 0 radical (unpaired) electrons. The van der Waals surface area contributed by atoms with Crippen LogP contribution in [0, 0.1) is 6.92 Å². The van der Waals surface area contributed by atoms with Crippen molar-refractivity contribution in [3.8, 4) is 0 Å². The molecule has 0 saturated heterocycles. The molecule has 0 spiro atoms. The van der Waals surface area contributed by atoms with E-state index in [1.807, 2.05) is 10.9 Å². The van der Waals surface area contributed by atoms with Gasteiger partial charge in [-0.25, -0.2) is 0 Å². The molecule has 6 nitrogen and oxygen atoms in total. The molecule has 20 heavy (non-hydrogen) atoms. The third-order valence-electron chi connectivity index (χ3n) is 2.74. The van der Waals surface area contributed by atoms with Gasteiger partial charge in [-0.2, -0.15) is 5.10 Å². The number of aromatic nitrogens is 2. The van der Waals surface area contributed by atoms with Gasteiger partial charge in [-0.3, -0.25) is 9.67 Å². The van der Waals surface area contributed by atoms with Crippen LogP contribution >= 0.6 is 0 Å².